The largest absolute Gasteiger partial charge is 0.327 e. The first-order valence-electron chi connectivity index (χ1n) is 5.32. The zero-order valence-electron chi connectivity index (χ0n) is 9.37. The number of halogens is 2. The van der Waals surface area contributed by atoms with Crippen molar-refractivity contribution < 1.29 is 0 Å². The molecule has 0 fully saturated rings. The second kappa shape index (κ2) is 4.64. The Kier molecular flexibility index (Phi) is 3.41. The maximum Gasteiger partial charge on any atom is 0.124 e. The van der Waals surface area contributed by atoms with Gasteiger partial charge in [0.15, 0.2) is 0 Å². The van der Waals surface area contributed by atoms with Gasteiger partial charge in [-0.1, -0.05) is 25.4 Å². The molecule has 0 aliphatic carbocycles. The van der Waals surface area contributed by atoms with Crippen LogP contribution in [0.5, 0.6) is 0 Å². The van der Waals surface area contributed by atoms with E-state index in [1.54, 1.807) is 0 Å². The van der Waals surface area contributed by atoms with Crippen molar-refractivity contribution in [3.63, 3.8) is 0 Å². The fraction of sp³-hybridized carbons (Fsp3) is 0.417. The predicted octanol–water partition coefficient (Wildman–Crippen LogP) is 4.08. The molecule has 0 bridgehead atoms. The van der Waals surface area contributed by atoms with E-state index in [0.29, 0.717) is 16.8 Å². The SMILES string of the molecule is CC(C)Cn1c(CCl)nc2cc(Cl)ccc21. The number of alkyl halides is 1. The molecule has 0 saturated carbocycles. The Morgan fingerprint density at radius 2 is 2.12 bits per heavy atom. The minimum Gasteiger partial charge on any atom is -0.327 e. The summed E-state index contributed by atoms with van der Waals surface area (Å²) >= 11 is 11.9. The number of aromatic nitrogens is 2. The molecule has 4 heteroatoms. The van der Waals surface area contributed by atoms with Gasteiger partial charge in [-0.2, -0.15) is 0 Å². The van der Waals surface area contributed by atoms with Crippen LogP contribution < -0.4 is 0 Å². The molecule has 0 saturated heterocycles. The van der Waals surface area contributed by atoms with E-state index in [9.17, 15) is 0 Å². The van der Waals surface area contributed by atoms with E-state index >= 15 is 0 Å². The van der Waals surface area contributed by atoms with Crippen molar-refractivity contribution in [2.45, 2.75) is 26.3 Å². The zero-order chi connectivity index (χ0) is 11.7. The molecule has 2 nitrogen and oxygen atoms in total. The van der Waals surface area contributed by atoms with Crippen molar-refractivity contribution in [2.75, 3.05) is 0 Å². The first kappa shape index (κ1) is 11.7. The molecular formula is C12H14Cl2N2. The minimum absolute atomic E-state index is 0.430. The van der Waals surface area contributed by atoms with Crippen LogP contribution in [0.4, 0.5) is 0 Å². The molecule has 0 radical (unpaired) electrons. The van der Waals surface area contributed by atoms with Crippen LogP contribution in [0, 0.1) is 5.92 Å². The maximum atomic E-state index is 5.95. The van der Waals surface area contributed by atoms with Gasteiger partial charge in [0.05, 0.1) is 16.9 Å². The van der Waals surface area contributed by atoms with E-state index in [1.807, 2.05) is 18.2 Å². The summed E-state index contributed by atoms with van der Waals surface area (Å²) < 4.78 is 2.17. The highest BCUT2D eigenvalue weighted by Crippen LogP contribution is 2.22. The van der Waals surface area contributed by atoms with E-state index in [4.69, 9.17) is 23.2 Å². The van der Waals surface area contributed by atoms with Crippen molar-refractivity contribution in [2.24, 2.45) is 5.92 Å². The molecule has 2 aromatic rings. The van der Waals surface area contributed by atoms with Crippen LogP contribution >= 0.6 is 23.2 Å². The number of imidazole rings is 1. The van der Waals surface area contributed by atoms with Gasteiger partial charge in [-0.15, -0.1) is 11.6 Å². The van der Waals surface area contributed by atoms with Crippen molar-refractivity contribution >= 4 is 34.2 Å². The number of benzene rings is 1. The molecule has 0 aliphatic heterocycles. The van der Waals surface area contributed by atoms with Crippen LogP contribution in [0.1, 0.15) is 19.7 Å². The lowest BCUT2D eigenvalue weighted by Crippen LogP contribution is -2.07. The summed E-state index contributed by atoms with van der Waals surface area (Å²) in [6, 6.07) is 5.77. The zero-order valence-corrected chi connectivity index (χ0v) is 10.9. The molecule has 1 heterocycles. The quantitative estimate of drug-likeness (QED) is 0.757. The first-order valence-corrected chi connectivity index (χ1v) is 6.23. The van der Waals surface area contributed by atoms with Gasteiger partial charge in [0.1, 0.15) is 5.82 Å². The van der Waals surface area contributed by atoms with E-state index in [-0.39, 0.29) is 0 Å². The van der Waals surface area contributed by atoms with E-state index in [2.05, 4.69) is 23.4 Å². The Hall–Kier alpha value is -0.730. The Balaban J connectivity index is 2.59. The number of nitrogens with zero attached hydrogens (tertiary/aromatic N) is 2. The van der Waals surface area contributed by atoms with Crippen LogP contribution in [0.2, 0.25) is 5.02 Å². The van der Waals surface area contributed by atoms with Gasteiger partial charge >= 0.3 is 0 Å². The molecule has 2 rings (SSSR count). The van der Waals surface area contributed by atoms with Crippen LogP contribution in [0.15, 0.2) is 18.2 Å². The average Bonchev–Trinajstić information content (AvgIpc) is 2.55. The molecular weight excluding hydrogens is 243 g/mol. The van der Waals surface area contributed by atoms with E-state index in [1.165, 1.54) is 0 Å². The third kappa shape index (κ3) is 2.18. The van der Waals surface area contributed by atoms with Gasteiger partial charge < -0.3 is 4.57 Å². The van der Waals surface area contributed by atoms with Crippen LogP contribution in [0.3, 0.4) is 0 Å². The van der Waals surface area contributed by atoms with Crippen molar-refractivity contribution in [1.82, 2.24) is 9.55 Å². The molecule has 1 aromatic carbocycles. The normalized spacial score (nSPS) is 11.6. The van der Waals surface area contributed by atoms with Gasteiger partial charge in [0, 0.05) is 11.6 Å². The van der Waals surface area contributed by atoms with Crippen LogP contribution in [-0.4, -0.2) is 9.55 Å². The Bertz CT molecular complexity index is 503. The Labute approximate surface area is 105 Å². The summed E-state index contributed by atoms with van der Waals surface area (Å²) in [5.74, 6) is 1.90. The molecule has 0 amide bonds. The molecule has 0 spiro atoms. The summed E-state index contributed by atoms with van der Waals surface area (Å²) in [4.78, 5) is 4.49. The third-order valence-electron chi connectivity index (χ3n) is 2.46. The summed E-state index contributed by atoms with van der Waals surface area (Å²) in [7, 11) is 0. The lowest BCUT2D eigenvalue weighted by molar-refractivity contribution is 0.522. The highest BCUT2D eigenvalue weighted by molar-refractivity contribution is 6.31. The molecule has 16 heavy (non-hydrogen) atoms. The topological polar surface area (TPSA) is 17.8 Å². The predicted molar refractivity (Wildman–Crippen MR) is 69.1 cm³/mol. The third-order valence-corrected chi connectivity index (χ3v) is 2.93. The van der Waals surface area contributed by atoms with Gasteiger partial charge in [-0.3, -0.25) is 0 Å². The summed E-state index contributed by atoms with van der Waals surface area (Å²) in [6.07, 6.45) is 0. The lowest BCUT2D eigenvalue weighted by atomic mass is 10.2. The lowest BCUT2D eigenvalue weighted by Gasteiger charge is -2.10. The smallest absolute Gasteiger partial charge is 0.124 e. The number of hydrogen-bond donors (Lipinski definition) is 0. The fourth-order valence-electron chi connectivity index (χ4n) is 1.82. The van der Waals surface area contributed by atoms with Gasteiger partial charge in [0.25, 0.3) is 0 Å². The number of rotatable bonds is 3. The van der Waals surface area contributed by atoms with E-state index in [0.717, 1.165) is 23.4 Å². The second-order valence-corrected chi connectivity index (χ2v) is 5.00. The molecule has 0 atom stereocenters. The van der Waals surface area contributed by atoms with Gasteiger partial charge in [0.2, 0.25) is 0 Å². The Morgan fingerprint density at radius 3 is 2.75 bits per heavy atom. The second-order valence-electron chi connectivity index (χ2n) is 4.30. The van der Waals surface area contributed by atoms with Gasteiger partial charge in [-0.25, -0.2) is 4.98 Å². The van der Waals surface area contributed by atoms with Crippen LogP contribution in [0.25, 0.3) is 11.0 Å². The monoisotopic (exact) mass is 256 g/mol. The number of hydrogen-bond acceptors (Lipinski definition) is 1. The maximum absolute atomic E-state index is 5.95. The average molecular weight is 257 g/mol. The van der Waals surface area contributed by atoms with Gasteiger partial charge in [-0.05, 0) is 24.1 Å². The summed E-state index contributed by atoms with van der Waals surface area (Å²) in [5.41, 5.74) is 2.03. The summed E-state index contributed by atoms with van der Waals surface area (Å²) in [6.45, 7) is 5.29. The van der Waals surface area contributed by atoms with Crippen LogP contribution in [-0.2, 0) is 12.4 Å². The van der Waals surface area contributed by atoms with E-state index < -0.39 is 0 Å². The Morgan fingerprint density at radius 1 is 1.38 bits per heavy atom. The highest BCUT2D eigenvalue weighted by atomic mass is 35.5. The minimum atomic E-state index is 0.430. The fourth-order valence-corrected chi connectivity index (χ4v) is 2.19. The number of fused-ring (bicyclic) bond motifs is 1. The molecule has 86 valence electrons. The highest BCUT2D eigenvalue weighted by Gasteiger charge is 2.11. The summed E-state index contributed by atoms with van der Waals surface area (Å²) in [5, 5.41) is 0.711. The first-order chi connectivity index (χ1) is 7.61. The standard InChI is InChI=1S/C12H14Cl2N2/c1-8(2)7-16-11-4-3-9(14)5-10(11)15-12(16)6-13/h3-5,8H,6-7H2,1-2H3. The van der Waals surface area contributed by atoms with Crippen molar-refractivity contribution in [3.8, 4) is 0 Å². The molecule has 0 N–H and O–H groups in total. The van der Waals surface area contributed by atoms with Crippen molar-refractivity contribution in [3.05, 3.63) is 29.0 Å². The molecule has 1 aromatic heterocycles. The van der Waals surface area contributed by atoms with Crippen molar-refractivity contribution in [1.29, 1.82) is 0 Å². The molecule has 0 unspecified atom stereocenters. The molecule has 0 aliphatic rings.